The van der Waals surface area contributed by atoms with E-state index in [9.17, 15) is 9.90 Å². The number of aliphatic hydroxyl groups is 1. The van der Waals surface area contributed by atoms with Crippen LogP contribution < -0.4 is 0 Å². The van der Waals surface area contributed by atoms with E-state index in [1.807, 2.05) is 19.9 Å². The molecule has 0 saturated heterocycles. The summed E-state index contributed by atoms with van der Waals surface area (Å²) in [6, 6.07) is 0. The van der Waals surface area contributed by atoms with Crippen LogP contribution in [0.2, 0.25) is 0 Å². The molecular weight excluding hydrogens is 336 g/mol. The predicted octanol–water partition coefficient (Wildman–Crippen LogP) is 5.05. The molecule has 0 spiro atoms. The lowest BCUT2D eigenvalue weighted by molar-refractivity contribution is -0.143. The Morgan fingerprint density at radius 3 is 2.93 bits per heavy atom. The summed E-state index contributed by atoms with van der Waals surface area (Å²) in [6.45, 7) is 6.22. The van der Waals surface area contributed by atoms with E-state index in [0.717, 1.165) is 31.1 Å². The fourth-order valence-electron chi connectivity index (χ4n) is 4.50. The van der Waals surface area contributed by atoms with Gasteiger partial charge in [-0.25, -0.2) is 0 Å². The van der Waals surface area contributed by atoms with Crippen molar-refractivity contribution >= 4 is 5.97 Å². The van der Waals surface area contributed by atoms with E-state index in [1.54, 1.807) is 5.57 Å². The molecule has 150 valence electrons. The normalized spacial score (nSPS) is 28.0. The van der Waals surface area contributed by atoms with Crippen molar-refractivity contribution in [2.45, 2.75) is 78.2 Å². The molecule has 3 nitrogen and oxygen atoms in total. The van der Waals surface area contributed by atoms with Gasteiger partial charge < -0.3 is 9.84 Å². The summed E-state index contributed by atoms with van der Waals surface area (Å²) in [4.78, 5) is 11.4. The molecule has 0 amide bonds. The highest BCUT2D eigenvalue weighted by Crippen LogP contribution is 2.50. The van der Waals surface area contributed by atoms with Gasteiger partial charge in [-0.1, -0.05) is 30.7 Å². The summed E-state index contributed by atoms with van der Waals surface area (Å²) in [6.07, 6.45) is 14.3. The fourth-order valence-corrected chi connectivity index (χ4v) is 4.50. The molecule has 2 aliphatic rings. The number of carbonyl (C=O) groups is 1. The van der Waals surface area contributed by atoms with Crippen LogP contribution in [-0.2, 0) is 9.53 Å². The Kier molecular flexibility index (Phi) is 9.15. The van der Waals surface area contributed by atoms with Gasteiger partial charge in [0.05, 0.1) is 12.7 Å². The predicted molar refractivity (Wildman–Crippen MR) is 110 cm³/mol. The molecule has 2 saturated carbocycles. The van der Waals surface area contributed by atoms with Crippen molar-refractivity contribution in [3.63, 3.8) is 0 Å². The van der Waals surface area contributed by atoms with Gasteiger partial charge in [-0.15, -0.1) is 11.8 Å². The maximum absolute atomic E-state index is 11.4. The van der Waals surface area contributed by atoms with Gasteiger partial charge in [0.15, 0.2) is 0 Å². The average Bonchev–Trinajstić information content (AvgIpc) is 3.22. The highest BCUT2D eigenvalue weighted by atomic mass is 16.5. The van der Waals surface area contributed by atoms with Crippen molar-refractivity contribution in [2.24, 2.45) is 23.7 Å². The molecular formula is C24H36O3. The van der Waals surface area contributed by atoms with Crippen LogP contribution in [0.1, 0.15) is 72.1 Å². The Morgan fingerprint density at radius 2 is 2.19 bits per heavy atom. The molecule has 2 rings (SSSR count). The van der Waals surface area contributed by atoms with E-state index < -0.39 is 6.10 Å². The van der Waals surface area contributed by atoms with Crippen LogP contribution in [0.25, 0.3) is 0 Å². The lowest BCUT2D eigenvalue weighted by Crippen LogP contribution is -2.15. The smallest absolute Gasteiger partial charge is 0.305 e. The van der Waals surface area contributed by atoms with Gasteiger partial charge in [-0.05, 0) is 76.0 Å². The summed E-state index contributed by atoms with van der Waals surface area (Å²) < 4.78 is 4.98. The van der Waals surface area contributed by atoms with Gasteiger partial charge in [-0.3, -0.25) is 4.79 Å². The first-order valence-electron chi connectivity index (χ1n) is 10.6. The van der Waals surface area contributed by atoms with E-state index >= 15 is 0 Å². The first-order chi connectivity index (χ1) is 13.0. The third kappa shape index (κ3) is 6.85. The Labute approximate surface area is 165 Å². The molecule has 2 fully saturated rings. The maximum Gasteiger partial charge on any atom is 0.305 e. The SMILES string of the molecule is CC#CCC(C)C(O)/C=C/C1CCC2C/C(=C\CCCC(=O)OCC)C[C@H]12. The van der Waals surface area contributed by atoms with Crippen LogP contribution in [0.5, 0.6) is 0 Å². The molecule has 0 aliphatic heterocycles. The van der Waals surface area contributed by atoms with E-state index in [-0.39, 0.29) is 11.9 Å². The van der Waals surface area contributed by atoms with Gasteiger partial charge in [0.2, 0.25) is 0 Å². The zero-order valence-electron chi connectivity index (χ0n) is 17.2. The van der Waals surface area contributed by atoms with Crippen LogP contribution in [-0.4, -0.2) is 23.8 Å². The molecule has 0 bridgehead atoms. The third-order valence-electron chi connectivity index (χ3n) is 6.11. The van der Waals surface area contributed by atoms with Gasteiger partial charge in [0.1, 0.15) is 0 Å². The Bertz CT molecular complexity index is 592. The largest absolute Gasteiger partial charge is 0.466 e. The number of hydrogen-bond acceptors (Lipinski definition) is 3. The highest BCUT2D eigenvalue weighted by molar-refractivity contribution is 5.69. The quantitative estimate of drug-likeness (QED) is 0.267. The van der Waals surface area contributed by atoms with Gasteiger partial charge >= 0.3 is 5.97 Å². The number of fused-ring (bicyclic) bond motifs is 1. The lowest BCUT2D eigenvalue weighted by Gasteiger charge is -2.17. The molecule has 0 radical (unpaired) electrons. The number of esters is 1. The number of hydrogen-bond donors (Lipinski definition) is 1. The van der Waals surface area contributed by atoms with Crippen molar-refractivity contribution in [3.05, 3.63) is 23.8 Å². The summed E-state index contributed by atoms with van der Waals surface area (Å²) >= 11 is 0. The van der Waals surface area contributed by atoms with E-state index in [4.69, 9.17) is 4.74 Å². The second kappa shape index (κ2) is 11.3. The number of ether oxygens (including phenoxy) is 1. The highest BCUT2D eigenvalue weighted by Gasteiger charge is 2.39. The Morgan fingerprint density at radius 1 is 1.37 bits per heavy atom. The maximum atomic E-state index is 11.4. The third-order valence-corrected chi connectivity index (χ3v) is 6.11. The average molecular weight is 373 g/mol. The number of aliphatic hydroxyl groups excluding tert-OH is 1. The van der Waals surface area contributed by atoms with Crippen molar-refractivity contribution in [3.8, 4) is 11.8 Å². The van der Waals surface area contributed by atoms with Crippen molar-refractivity contribution in [2.75, 3.05) is 6.61 Å². The molecule has 2 aliphatic carbocycles. The van der Waals surface area contributed by atoms with Gasteiger partial charge in [0.25, 0.3) is 0 Å². The monoisotopic (exact) mass is 372 g/mol. The molecule has 1 N–H and O–H groups in total. The lowest BCUT2D eigenvalue weighted by atomic mass is 9.90. The minimum Gasteiger partial charge on any atom is -0.466 e. The second-order valence-electron chi connectivity index (χ2n) is 8.12. The molecule has 0 aromatic heterocycles. The summed E-state index contributed by atoms with van der Waals surface area (Å²) in [5.41, 5.74) is 1.57. The van der Waals surface area contributed by atoms with Crippen LogP contribution >= 0.6 is 0 Å². The second-order valence-corrected chi connectivity index (χ2v) is 8.12. The Hall–Kier alpha value is -1.53. The van der Waals surface area contributed by atoms with E-state index in [2.05, 4.69) is 30.9 Å². The van der Waals surface area contributed by atoms with Crippen LogP contribution in [0.3, 0.4) is 0 Å². The zero-order valence-corrected chi connectivity index (χ0v) is 17.2. The molecule has 0 heterocycles. The first kappa shape index (κ1) is 21.8. The standard InChI is InChI=1S/C24H36O3/c1-4-6-9-18(3)23(25)15-14-20-12-13-21-16-19(17-22(20)21)10-7-8-11-24(26)27-5-2/h10,14-15,18,20-23,25H,5,7-9,11-13,16-17H2,1-3H3/b15-14+,19-10+/t18?,20?,21?,22-,23?/m1/s1. The first-order valence-corrected chi connectivity index (χ1v) is 10.6. The summed E-state index contributed by atoms with van der Waals surface area (Å²) in [7, 11) is 0. The topological polar surface area (TPSA) is 46.5 Å². The van der Waals surface area contributed by atoms with Crippen molar-refractivity contribution < 1.29 is 14.6 Å². The number of rotatable bonds is 9. The van der Waals surface area contributed by atoms with E-state index in [0.29, 0.717) is 18.9 Å². The number of allylic oxidation sites excluding steroid dienone is 3. The molecule has 0 aromatic carbocycles. The zero-order chi connectivity index (χ0) is 19.6. The number of unbranched alkanes of at least 4 members (excludes halogenated alkanes) is 1. The minimum absolute atomic E-state index is 0.0814. The summed E-state index contributed by atoms with van der Waals surface area (Å²) in [5.74, 6) is 8.19. The summed E-state index contributed by atoms with van der Waals surface area (Å²) in [5, 5.41) is 10.3. The van der Waals surface area contributed by atoms with Crippen LogP contribution in [0, 0.1) is 35.5 Å². The van der Waals surface area contributed by atoms with Gasteiger partial charge in [-0.2, -0.15) is 0 Å². The van der Waals surface area contributed by atoms with Crippen molar-refractivity contribution in [1.82, 2.24) is 0 Å². The van der Waals surface area contributed by atoms with Gasteiger partial charge in [0, 0.05) is 12.8 Å². The van der Waals surface area contributed by atoms with Crippen molar-refractivity contribution in [1.29, 1.82) is 0 Å². The molecule has 0 aromatic rings. The van der Waals surface area contributed by atoms with E-state index in [1.165, 1.54) is 25.7 Å². The molecule has 5 atom stereocenters. The van der Waals surface area contributed by atoms with Crippen LogP contribution in [0.4, 0.5) is 0 Å². The molecule has 3 heteroatoms. The van der Waals surface area contributed by atoms with Crippen LogP contribution in [0.15, 0.2) is 23.8 Å². The minimum atomic E-state index is -0.399. The molecule has 27 heavy (non-hydrogen) atoms. The fraction of sp³-hybridized carbons (Fsp3) is 0.708. The Balaban J connectivity index is 1.78. The molecule has 4 unspecified atom stereocenters. The number of carbonyl (C=O) groups excluding carboxylic acids is 1.